The first-order chi connectivity index (χ1) is 10.6. The number of nitrogens with one attached hydrogen (secondary N) is 1. The average molecular weight is 299 g/mol. The molecular weight excluding hydrogens is 277 g/mol. The van der Waals surface area contributed by atoms with E-state index in [1.54, 1.807) is 18.2 Å². The largest absolute Gasteiger partial charge is 0.349 e. The van der Waals surface area contributed by atoms with Crippen molar-refractivity contribution in [1.82, 2.24) is 5.32 Å². The number of hydrogen-bond donors (Lipinski definition) is 1. The van der Waals surface area contributed by atoms with Gasteiger partial charge >= 0.3 is 0 Å². The summed E-state index contributed by atoms with van der Waals surface area (Å²) in [4.78, 5) is 12.3. The van der Waals surface area contributed by atoms with Gasteiger partial charge in [-0.15, -0.1) is 0 Å². The molecule has 1 atom stereocenters. The number of benzene rings is 2. The number of rotatable bonds is 6. The molecule has 2 rings (SSSR count). The lowest BCUT2D eigenvalue weighted by Crippen LogP contribution is -2.31. The molecule has 0 spiro atoms. The highest BCUT2D eigenvalue weighted by Crippen LogP contribution is 2.21. The van der Waals surface area contributed by atoms with Crippen LogP contribution in [-0.2, 0) is 11.2 Å². The SMILES string of the molecule is CC(C)C[C@@H](NC(=O)Cc1ccccc1F)c1ccccc1. The second kappa shape index (κ2) is 7.74. The van der Waals surface area contributed by atoms with Crippen molar-refractivity contribution in [3.63, 3.8) is 0 Å². The third-order valence-electron chi connectivity index (χ3n) is 3.55. The van der Waals surface area contributed by atoms with Crippen LogP contribution in [0.2, 0.25) is 0 Å². The van der Waals surface area contributed by atoms with Crippen LogP contribution >= 0.6 is 0 Å². The summed E-state index contributed by atoms with van der Waals surface area (Å²) in [6, 6.07) is 16.3. The molecule has 2 aromatic rings. The quantitative estimate of drug-likeness (QED) is 0.848. The summed E-state index contributed by atoms with van der Waals surface area (Å²) in [5.74, 6) is -0.0312. The van der Waals surface area contributed by atoms with Gasteiger partial charge in [0.05, 0.1) is 12.5 Å². The van der Waals surface area contributed by atoms with Crippen LogP contribution in [0.25, 0.3) is 0 Å². The first-order valence-corrected chi connectivity index (χ1v) is 7.64. The van der Waals surface area contributed by atoms with Crippen molar-refractivity contribution in [3.8, 4) is 0 Å². The van der Waals surface area contributed by atoms with Crippen molar-refractivity contribution in [2.24, 2.45) is 5.92 Å². The summed E-state index contributed by atoms with van der Waals surface area (Å²) >= 11 is 0. The van der Waals surface area contributed by atoms with Gasteiger partial charge in [0, 0.05) is 0 Å². The van der Waals surface area contributed by atoms with E-state index in [4.69, 9.17) is 0 Å². The van der Waals surface area contributed by atoms with Crippen molar-refractivity contribution >= 4 is 5.91 Å². The number of carbonyl (C=O) groups excluding carboxylic acids is 1. The van der Waals surface area contributed by atoms with E-state index >= 15 is 0 Å². The van der Waals surface area contributed by atoms with Crippen LogP contribution in [0.15, 0.2) is 54.6 Å². The first-order valence-electron chi connectivity index (χ1n) is 7.64. The topological polar surface area (TPSA) is 29.1 Å². The van der Waals surface area contributed by atoms with E-state index in [0.717, 1.165) is 12.0 Å². The predicted octanol–water partition coefficient (Wildman–Crippen LogP) is 4.27. The zero-order chi connectivity index (χ0) is 15.9. The molecule has 1 amide bonds. The standard InChI is InChI=1S/C19H22FNO/c1-14(2)12-18(15-8-4-3-5-9-15)21-19(22)13-16-10-6-7-11-17(16)20/h3-11,14,18H,12-13H2,1-2H3,(H,21,22)/t18-/m1/s1. The Hall–Kier alpha value is -2.16. The van der Waals surface area contributed by atoms with Gasteiger partial charge in [-0.25, -0.2) is 4.39 Å². The molecule has 0 aromatic heterocycles. The third-order valence-corrected chi connectivity index (χ3v) is 3.55. The fourth-order valence-corrected chi connectivity index (χ4v) is 2.50. The molecule has 0 bridgehead atoms. The van der Waals surface area contributed by atoms with Crippen LogP contribution in [0.1, 0.15) is 37.4 Å². The maximum atomic E-state index is 13.6. The lowest BCUT2D eigenvalue weighted by Gasteiger charge is -2.21. The third kappa shape index (κ3) is 4.69. The van der Waals surface area contributed by atoms with Crippen molar-refractivity contribution < 1.29 is 9.18 Å². The van der Waals surface area contributed by atoms with Gasteiger partial charge in [-0.3, -0.25) is 4.79 Å². The van der Waals surface area contributed by atoms with E-state index in [2.05, 4.69) is 19.2 Å². The monoisotopic (exact) mass is 299 g/mol. The minimum absolute atomic E-state index is 0.0412. The molecule has 2 nitrogen and oxygen atoms in total. The van der Waals surface area contributed by atoms with Gasteiger partial charge < -0.3 is 5.32 Å². The lowest BCUT2D eigenvalue weighted by molar-refractivity contribution is -0.121. The lowest BCUT2D eigenvalue weighted by atomic mass is 9.96. The fraction of sp³-hybridized carbons (Fsp3) is 0.316. The van der Waals surface area contributed by atoms with Crippen LogP contribution in [0.4, 0.5) is 4.39 Å². The van der Waals surface area contributed by atoms with Crippen molar-refractivity contribution in [2.75, 3.05) is 0 Å². The van der Waals surface area contributed by atoms with Gasteiger partial charge in [0.15, 0.2) is 0 Å². The molecule has 0 unspecified atom stereocenters. The Balaban J connectivity index is 2.07. The molecule has 2 aromatic carbocycles. The highest BCUT2D eigenvalue weighted by atomic mass is 19.1. The van der Waals surface area contributed by atoms with E-state index in [1.807, 2.05) is 30.3 Å². The Morgan fingerprint density at radius 1 is 1.05 bits per heavy atom. The molecular formula is C19H22FNO. The van der Waals surface area contributed by atoms with Crippen molar-refractivity contribution in [1.29, 1.82) is 0 Å². The highest BCUT2D eigenvalue weighted by Gasteiger charge is 2.17. The fourth-order valence-electron chi connectivity index (χ4n) is 2.50. The predicted molar refractivity (Wildman–Crippen MR) is 86.9 cm³/mol. The van der Waals surface area contributed by atoms with Crippen LogP contribution in [-0.4, -0.2) is 5.91 Å². The molecule has 3 heteroatoms. The molecule has 1 N–H and O–H groups in total. The highest BCUT2D eigenvalue weighted by molar-refractivity contribution is 5.79. The van der Waals surface area contributed by atoms with E-state index in [9.17, 15) is 9.18 Å². The Labute approximate surface area is 131 Å². The second-order valence-corrected chi connectivity index (χ2v) is 5.93. The maximum absolute atomic E-state index is 13.6. The Morgan fingerprint density at radius 3 is 2.32 bits per heavy atom. The molecule has 0 aliphatic heterocycles. The second-order valence-electron chi connectivity index (χ2n) is 5.93. The minimum atomic E-state index is -0.335. The zero-order valence-corrected chi connectivity index (χ0v) is 13.1. The number of carbonyl (C=O) groups is 1. The van der Waals surface area contributed by atoms with Crippen LogP contribution in [0.3, 0.4) is 0 Å². The van der Waals surface area contributed by atoms with Crippen molar-refractivity contribution in [2.45, 2.75) is 32.7 Å². The molecule has 0 aliphatic rings. The smallest absolute Gasteiger partial charge is 0.225 e. The zero-order valence-electron chi connectivity index (χ0n) is 13.1. The Morgan fingerprint density at radius 2 is 1.68 bits per heavy atom. The van der Waals surface area contributed by atoms with Gasteiger partial charge in [-0.2, -0.15) is 0 Å². The van der Waals surface area contributed by atoms with Gasteiger partial charge in [-0.05, 0) is 29.5 Å². The van der Waals surface area contributed by atoms with Crippen LogP contribution in [0, 0.1) is 11.7 Å². The molecule has 116 valence electrons. The normalized spacial score (nSPS) is 12.2. The first kappa shape index (κ1) is 16.2. The summed E-state index contributed by atoms with van der Waals surface area (Å²) < 4.78 is 13.6. The van der Waals surface area contributed by atoms with Gasteiger partial charge in [0.25, 0.3) is 0 Å². The average Bonchev–Trinajstić information content (AvgIpc) is 2.49. The van der Waals surface area contributed by atoms with E-state index in [1.165, 1.54) is 6.07 Å². The molecule has 0 aliphatic carbocycles. The summed E-state index contributed by atoms with van der Waals surface area (Å²) in [7, 11) is 0. The Kier molecular flexibility index (Phi) is 5.70. The maximum Gasteiger partial charge on any atom is 0.225 e. The van der Waals surface area contributed by atoms with Gasteiger partial charge in [0.2, 0.25) is 5.91 Å². The molecule has 0 saturated heterocycles. The minimum Gasteiger partial charge on any atom is -0.349 e. The number of halogens is 1. The molecule has 0 saturated carbocycles. The van der Waals surface area contributed by atoms with Gasteiger partial charge in [-0.1, -0.05) is 62.4 Å². The Bertz CT molecular complexity index is 610. The van der Waals surface area contributed by atoms with Crippen LogP contribution in [0.5, 0.6) is 0 Å². The van der Waals surface area contributed by atoms with E-state index < -0.39 is 0 Å². The summed E-state index contributed by atoms with van der Waals surface area (Å²) in [6.45, 7) is 4.25. The molecule has 0 radical (unpaired) electrons. The number of hydrogen-bond acceptors (Lipinski definition) is 1. The van der Waals surface area contributed by atoms with Crippen LogP contribution < -0.4 is 5.32 Å². The summed E-state index contributed by atoms with van der Waals surface area (Å²) in [6.07, 6.45) is 0.918. The van der Waals surface area contributed by atoms with Gasteiger partial charge in [0.1, 0.15) is 5.82 Å². The molecule has 22 heavy (non-hydrogen) atoms. The number of amides is 1. The summed E-state index contributed by atoms with van der Waals surface area (Å²) in [5, 5.41) is 3.03. The molecule has 0 fully saturated rings. The van der Waals surface area contributed by atoms with Crippen molar-refractivity contribution in [3.05, 3.63) is 71.5 Å². The van der Waals surface area contributed by atoms with E-state index in [0.29, 0.717) is 11.5 Å². The summed E-state index contributed by atoms with van der Waals surface area (Å²) in [5.41, 5.74) is 1.51. The molecule has 0 heterocycles. The van der Waals surface area contributed by atoms with E-state index in [-0.39, 0.29) is 24.2 Å².